The van der Waals surface area contributed by atoms with E-state index in [1.807, 2.05) is 32.0 Å². The van der Waals surface area contributed by atoms with Gasteiger partial charge in [0.2, 0.25) is 0 Å². The van der Waals surface area contributed by atoms with Crippen LogP contribution in [0.25, 0.3) is 0 Å². The largest absolute Gasteiger partial charge is 0.484 e. The number of halogens is 1. The van der Waals surface area contributed by atoms with Crippen LogP contribution in [-0.4, -0.2) is 18.1 Å². The lowest BCUT2D eigenvalue weighted by atomic mass is 9.95. The number of ether oxygens (including phenoxy) is 1. The minimum atomic E-state index is -0.332. The summed E-state index contributed by atoms with van der Waals surface area (Å²) in [6.07, 6.45) is 0.764. The van der Waals surface area contributed by atoms with E-state index < -0.39 is 0 Å². The van der Waals surface area contributed by atoms with Crippen LogP contribution in [-0.2, 0) is 11.2 Å². The molecular weight excluding hydrogens is 298 g/mol. The van der Waals surface area contributed by atoms with Gasteiger partial charge in [-0.25, -0.2) is 0 Å². The van der Waals surface area contributed by atoms with E-state index in [-0.39, 0.29) is 18.1 Å². The van der Waals surface area contributed by atoms with Crippen LogP contribution in [0.3, 0.4) is 0 Å². The third kappa shape index (κ3) is 5.41. The first-order valence-corrected chi connectivity index (χ1v) is 7.56. The fourth-order valence-electron chi connectivity index (χ4n) is 2.24. The minimum Gasteiger partial charge on any atom is -0.484 e. The van der Waals surface area contributed by atoms with Crippen LogP contribution in [0.2, 0.25) is 5.02 Å². The maximum absolute atomic E-state index is 12.0. The number of nitrogens with one attached hydrogen (secondary N) is 1. The Morgan fingerprint density at radius 3 is 2.36 bits per heavy atom. The highest BCUT2D eigenvalue weighted by Crippen LogP contribution is 2.16. The van der Waals surface area contributed by atoms with Crippen molar-refractivity contribution in [2.45, 2.75) is 25.8 Å². The second-order valence-corrected chi connectivity index (χ2v) is 6.27. The molecule has 0 bridgehead atoms. The van der Waals surface area contributed by atoms with E-state index in [0.717, 1.165) is 6.42 Å². The Hall–Kier alpha value is -2.00. The molecule has 3 nitrogen and oxygen atoms in total. The molecule has 2 aromatic rings. The van der Waals surface area contributed by atoms with Crippen molar-refractivity contribution in [3.63, 3.8) is 0 Å². The lowest BCUT2D eigenvalue weighted by Gasteiger charge is -2.26. The number of carbonyl (C=O) groups excluding carboxylic acids is 1. The highest BCUT2D eigenvalue weighted by molar-refractivity contribution is 6.30. The van der Waals surface area contributed by atoms with Gasteiger partial charge in [0, 0.05) is 10.6 Å². The number of hydrogen-bond acceptors (Lipinski definition) is 2. The van der Waals surface area contributed by atoms with Crippen LogP contribution < -0.4 is 10.1 Å². The maximum atomic E-state index is 12.0. The molecule has 1 N–H and O–H groups in total. The van der Waals surface area contributed by atoms with Crippen LogP contribution >= 0.6 is 11.6 Å². The Labute approximate surface area is 136 Å². The summed E-state index contributed by atoms with van der Waals surface area (Å²) in [7, 11) is 0. The highest BCUT2D eigenvalue weighted by Gasteiger charge is 2.21. The van der Waals surface area contributed by atoms with Gasteiger partial charge in [0.25, 0.3) is 5.91 Å². The summed E-state index contributed by atoms with van der Waals surface area (Å²) >= 11 is 5.80. The molecule has 0 saturated carbocycles. The van der Waals surface area contributed by atoms with Gasteiger partial charge in [-0.1, -0.05) is 41.9 Å². The summed E-state index contributed by atoms with van der Waals surface area (Å²) in [6.45, 7) is 3.99. The number of benzene rings is 2. The zero-order valence-electron chi connectivity index (χ0n) is 12.8. The van der Waals surface area contributed by atoms with E-state index in [9.17, 15) is 4.79 Å². The van der Waals surface area contributed by atoms with Crippen LogP contribution in [0.5, 0.6) is 5.75 Å². The zero-order valence-corrected chi connectivity index (χ0v) is 13.6. The van der Waals surface area contributed by atoms with Gasteiger partial charge in [-0.2, -0.15) is 0 Å². The standard InChI is InChI=1S/C18H20ClNO2/c1-18(2,12-14-6-4-3-5-7-14)20-17(21)13-22-16-10-8-15(19)9-11-16/h3-11H,12-13H2,1-2H3,(H,20,21). The van der Waals surface area contributed by atoms with Crippen molar-refractivity contribution < 1.29 is 9.53 Å². The second-order valence-electron chi connectivity index (χ2n) is 5.84. The lowest BCUT2D eigenvalue weighted by molar-refractivity contribution is -0.124. The molecular formula is C18H20ClNO2. The Bertz CT molecular complexity index is 609. The van der Waals surface area contributed by atoms with Crippen LogP contribution in [0.4, 0.5) is 0 Å². The number of carbonyl (C=O) groups is 1. The fraction of sp³-hybridized carbons (Fsp3) is 0.278. The van der Waals surface area contributed by atoms with Gasteiger partial charge < -0.3 is 10.1 Å². The van der Waals surface area contributed by atoms with Gasteiger partial charge in [-0.15, -0.1) is 0 Å². The van der Waals surface area contributed by atoms with Gasteiger partial charge in [-0.3, -0.25) is 4.79 Å². The summed E-state index contributed by atoms with van der Waals surface area (Å²) in [5.74, 6) is 0.483. The Morgan fingerprint density at radius 1 is 1.09 bits per heavy atom. The van der Waals surface area contributed by atoms with Crippen LogP contribution in [0.1, 0.15) is 19.4 Å². The molecule has 0 heterocycles. The van der Waals surface area contributed by atoms with Crippen molar-refractivity contribution in [2.75, 3.05) is 6.61 Å². The predicted molar refractivity (Wildman–Crippen MR) is 89.3 cm³/mol. The summed E-state index contributed by atoms with van der Waals surface area (Å²) in [5.41, 5.74) is 0.855. The van der Waals surface area contributed by atoms with Crippen molar-refractivity contribution in [1.29, 1.82) is 0 Å². The minimum absolute atomic E-state index is 0.0140. The molecule has 0 atom stereocenters. The van der Waals surface area contributed by atoms with E-state index in [4.69, 9.17) is 16.3 Å². The average molecular weight is 318 g/mol. The van der Waals surface area contributed by atoms with Crippen LogP contribution in [0.15, 0.2) is 54.6 Å². The van der Waals surface area contributed by atoms with Crippen molar-refractivity contribution in [3.8, 4) is 5.75 Å². The lowest BCUT2D eigenvalue weighted by Crippen LogP contribution is -2.47. The molecule has 0 aromatic heterocycles. The molecule has 22 heavy (non-hydrogen) atoms. The molecule has 0 aliphatic rings. The molecule has 1 amide bonds. The van der Waals surface area contributed by atoms with Gasteiger partial charge in [0.1, 0.15) is 5.75 Å². The van der Waals surface area contributed by atoms with Gasteiger partial charge >= 0.3 is 0 Å². The molecule has 0 spiro atoms. The highest BCUT2D eigenvalue weighted by atomic mass is 35.5. The summed E-state index contributed by atoms with van der Waals surface area (Å²) in [6, 6.07) is 17.0. The quantitative estimate of drug-likeness (QED) is 0.878. The van der Waals surface area contributed by atoms with E-state index in [0.29, 0.717) is 10.8 Å². The first kappa shape index (κ1) is 16.4. The molecule has 2 rings (SSSR count). The topological polar surface area (TPSA) is 38.3 Å². The Balaban J connectivity index is 1.83. The monoisotopic (exact) mass is 317 g/mol. The summed E-state index contributed by atoms with van der Waals surface area (Å²) < 4.78 is 5.45. The normalized spacial score (nSPS) is 11.0. The maximum Gasteiger partial charge on any atom is 0.258 e. The first-order chi connectivity index (χ1) is 10.4. The second kappa shape index (κ2) is 7.32. The average Bonchev–Trinajstić information content (AvgIpc) is 2.46. The predicted octanol–water partition coefficient (Wildman–Crippen LogP) is 3.86. The molecule has 0 radical (unpaired) electrons. The molecule has 0 fully saturated rings. The summed E-state index contributed by atoms with van der Waals surface area (Å²) in [5, 5.41) is 3.64. The van der Waals surface area contributed by atoms with Crippen molar-refractivity contribution in [2.24, 2.45) is 0 Å². The molecule has 116 valence electrons. The van der Waals surface area contributed by atoms with Gasteiger partial charge in [-0.05, 0) is 50.1 Å². The van der Waals surface area contributed by atoms with Gasteiger partial charge in [0.05, 0.1) is 0 Å². The molecule has 0 saturated heterocycles. The van der Waals surface area contributed by atoms with E-state index in [1.54, 1.807) is 24.3 Å². The SMILES string of the molecule is CC(C)(Cc1ccccc1)NC(=O)COc1ccc(Cl)cc1. The molecule has 2 aromatic carbocycles. The fourth-order valence-corrected chi connectivity index (χ4v) is 2.37. The first-order valence-electron chi connectivity index (χ1n) is 7.18. The smallest absolute Gasteiger partial charge is 0.258 e. The Kier molecular flexibility index (Phi) is 5.45. The van der Waals surface area contributed by atoms with E-state index >= 15 is 0 Å². The number of amides is 1. The Morgan fingerprint density at radius 2 is 1.73 bits per heavy atom. The zero-order chi connectivity index (χ0) is 16.0. The van der Waals surface area contributed by atoms with E-state index in [2.05, 4.69) is 17.4 Å². The van der Waals surface area contributed by atoms with Crippen molar-refractivity contribution in [1.82, 2.24) is 5.32 Å². The van der Waals surface area contributed by atoms with Crippen LogP contribution in [0, 0.1) is 0 Å². The van der Waals surface area contributed by atoms with E-state index in [1.165, 1.54) is 5.56 Å². The van der Waals surface area contributed by atoms with Crippen molar-refractivity contribution in [3.05, 3.63) is 65.2 Å². The molecule has 4 heteroatoms. The van der Waals surface area contributed by atoms with Gasteiger partial charge in [0.15, 0.2) is 6.61 Å². The molecule has 0 aliphatic carbocycles. The molecule has 0 aliphatic heterocycles. The third-order valence-electron chi connectivity index (χ3n) is 3.15. The summed E-state index contributed by atoms with van der Waals surface area (Å²) in [4.78, 5) is 12.0. The van der Waals surface area contributed by atoms with Crippen molar-refractivity contribution >= 4 is 17.5 Å². The number of hydrogen-bond donors (Lipinski definition) is 1. The third-order valence-corrected chi connectivity index (χ3v) is 3.40. The molecule has 0 unspecified atom stereocenters. The number of rotatable bonds is 6.